The van der Waals surface area contributed by atoms with E-state index in [1.165, 1.54) is 4.57 Å². The van der Waals surface area contributed by atoms with Gasteiger partial charge in [0.2, 0.25) is 0 Å². The molecule has 5 heteroatoms. The fourth-order valence-electron chi connectivity index (χ4n) is 16.4. The van der Waals surface area contributed by atoms with Crippen LogP contribution in [0.25, 0.3) is 99.5 Å². The largest absolute Gasteiger partial charge is 0.458 e. The van der Waals surface area contributed by atoms with Gasteiger partial charge in [0.1, 0.15) is 11.5 Å². The molecular weight excluding hydrogens is 1230 g/mol. The van der Waals surface area contributed by atoms with Crippen molar-refractivity contribution >= 4 is 83.8 Å². The van der Waals surface area contributed by atoms with Gasteiger partial charge in [0.05, 0.1) is 63.5 Å². The molecule has 1 aliphatic carbocycles. The number of anilines is 3. The lowest BCUT2D eigenvalue weighted by molar-refractivity contribution is 0.487. The highest BCUT2D eigenvalue weighted by Crippen LogP contribution is 2.60. The van der Waals surface area contributed by atoms with E-state index in [9.17, 15) is 16.4 Å². The number of nitrogens with zero attached hydrogens (tertiary/aromatic N) is 3. The van der Waals surface area contributed by atoms with Gasteiger partial charge in [-0.15, -0.1) is 0 Å². The Balaban J connectivity index is 0.994. The van der Waals surface area contributed by atoms with Crippen molar-refractivity contribution in [2.45, 2.75) is 84.0 Å². The van der Waals surface area contributed by atoms with Crippen LogP contribution in [0, 0.1) is 0 Å². The van der Waals surface area contributed by atoms with Crippen LogP contribution in [0.3, 0.4) is 0 Å². The van der Waals surface area contributed by atoms with Crippen LogP contribution in [-0.2, 0) is 21.7 Å². The van der Waals surface area contributed by atoms with E-state index in [2.05, 4.69) is 169 Å². The highest BCUT2D eigenvalue weighted by atomic mass is 16.5. The third-order valence-corrected chi connectivity index (χ3v) is 21.3. The van der Waals surface area contributed by atoms with Gasteiger partial charge in [-0.3, -0.25) is 0 Å². The van der Waals surface area contributed by atoms with Crippen molar-refractivity contribution in [1.82, 2.24) is 9.13 Å². The van der Waals surface area contributed by atoms with Crippen LogP contribution in [0.1, 0.15) is 126 Å². The van der Waals surface area contributed by atoms with Gasteiger partial charge in [-0.2, -0.15) is 0 Å². The van der Waals surface area contributed by atoms with Gasteiger partial charge in [0.15, 0.2) is 0 Å². The van der Waals surface area contributed by atoms with Crippen molar-refractivity contribution in [3.8, 4) is 67.4 Å². The zero-order valence-corrected chi connectivity index (χ0v) is 57.9. The Kier molecular flexibility index (Phi) is 10.0. The van der Waals surface area contributed by atoms with Gasteiger partial charge in [0, 0.05) is 61.9 Å². The number of ether oxygens (including phenoxy) is 1. The number of rotatable bonds is 8. The zero-order valence-electron chi connectivity index (χ0n) is 75.9. The van der Waals surface area contributed by atoms with Gasteiger partial charge >= 0.3 is 0 Å². The Hall–Kier alpha value is -11.7. The van der Waals surface area contributed by atoms with E-state index >= 15 is 0 Å². The van der Waals surface area contributed by atoms with Crippen molar-refractivity contribution in [2.75, 3.05) is 4.90 Å². The third kappa shape index (κ3) is 9.29. The average molecular weight is 1330 g/mol. The van der Waals surface area contributed by atoms with Crippen LogP contribution in [0.2, 0.25) is 0 Å². The van der Waals surface area contributed by atoms with Crippen molar-refractivity contribution in [3.63, 3.8) is 0 Å². The van der Waals surface area contributed by atoms with E-state index in [-0.39, 0.29) is 49.5 Å². The van der Waals surface area contributed by atoms with Crippen LogP contribution < -0.4 is 26.0 Å². The highest BCUT2D eigenvalue weighted by Gasteiger charge is 2.49. The number of hydrogen-bond acceptors (Lipinski definition) is 2. The SMILES string of the molecule is [2H]c1c([2H])c([2H])c(C2(c3c([2H])c([2H])c([2H])c([2H])c3[2H])c3ccccc3-c3cccc(-c4ccc5c(c4)N(c4c(-c6ccccc6)cc(C(C)(C)C)cc4-c4ccccc4)c4cc(-n6c7ccc(C(C)(C)C)cc7c7cc(C(C)(C)C)ccc76)cc6c4B5c4ccc(-n5c7c([2H])c([2H])c([2H])c([2H])c7c7c([2H])c([2H])c([2H])c([2H])c75)cc4O6)c32)c([2H])c1[2H]. The quantitative estimate of drug-likeness (QED) is 0.142. The summed E-state index contributed by atoms with van der Waals surface area (Å²) < 4.78 is 182. The smallest absolute Gasteiger partial charge is 0.256 e. The predicted molar refractivity (Wildman–Crippen MR) is 431 cm³/mol. The second-order valence-electron chi connectivity index (χ2n) is 30.3. The molecule has 0 radical (unpaired) electrons. The third-order valence-electron chi connectivity index (χ3n) is 21.3. The molecule has 0 unspecified atom stereocenters. The maximum Gasteiger partial charge on any atom is 0.256 e. The molecule has 0 N–H and O–H groups in total. The van der Waals surface area contributed by atoms with Crippen molar-refractivity contribution in [2.24, 2.45) is 0 Å². The van der Waals surface area contributed by atoms with Crippen molar-refractivity contribution in [1.29, 1.82) is 0 Å². The molecule has 0 atom stereocenters. The van der Waals surface area contributed by atoms with Gasteiger partial charge < -0.3 is 18.8 Å². The van der Waals surface area contributed by atoms with Crippen LogP contribution in [0.5, 0.6) is 11.5 Å². The molecule has 4 nitrogen and oxygen atoms in total. The van der Waals surface area contributed by atoms with Crippen LogP contribution in [0.4, 0.5) is 17.1 Å². The number of hydrogen-bond donors (Lipinski definition) is 0. The second kappa shape index (κ2) is 22.7. The first-order valence-corrected chi connectivity index (χ1v) is 34.7. The summed E-state index contributed by atoms with van der Waals surface area (Å²) in [6.45, 7) is 19.1. The lowest BCUT2D eigenvalue weighted by atomic mass is 9.34. The lowest BCUT2D eigenvalue weighted by Gasteiger charge is -2.42. The van der Waals surface area contributed by atoms with Crippen molar-refractivity contribution in [3.05, 3.63) is 348 Å². The Bertz CT molecular complexity index is 6920. The first kappa shape index (κ1) is 45.2. The summed E-state index contributed by atoms with van der Waals surface area (Å²) in [5.41, 5.74) is 12.5. The van der Waals surface area contributed by atoms with E-state index in [0.717, 1.165) is 77.4 Å². The Morgan fingerprint density at radius 2 is 0.863 bits per heavy atom. The van der Waals surface area contributed by atoms with E-state index in [4.69, 9.17) is 13.0 Å². The molecule has 2 aromatic heterocycles. The molecule has 0 fully saturated rings. The molecule has 4 heterocycles. The molecule has 0 bridgehead atoms. The minimum Gasteiger partial charge on any atom is -0.458 e. The summed E-state index contributed by atoms with van der Waals surface area (Å²) in [7, 11) is 0. The van der Waals surface area contributed by atoms with Gasteiger partial charge in [0.25, 0.3) is 6.71 Å². The summed E-state index contributed by atoms with van der Waals surface area (Å²) in [5, 5.41) is 1.88. The van der Waals surface area contributed by atoms with E-state index < -0.39 is 126 Å². The number of para-hydroxylation sites is 2. The molecule has 19 rings (SSSR count). The van der Waals surface area contributed by atoms with E-state index in [1.54, 1.807) is 24.3 Å². The number of benzene rings is 14. The predicted octanol–water partition coefficient (Wildman–Crippen LogP) is 23.5. The first-order chi connectivity index (χ1) is 57.0. The molecule has 3 aliphatic rings. The lowest BCUT2D eigenvalue weighted by Crippen LogP contribution is -2.59. The number of aromatic nitrogens is 2. The molecule has 490 valence electrons. The number of fused-ring (bicyclic) bond motifs is 13. The Morgan fingerprint density at radius 1 is 0.353 bits per heavy atom. The standard InChI is InChI=1S/C97H78BN3O/c1-94(2,3)66-46-51-85-78(54-66)79-55-67(95(4,5)6)47-52-86(79)100(85)70-58-88-92-90(60-70)102-89-59-69(99-83-43-26-23-38-73(83)74-39-24-27-44-84(74)99)48-50-82(89)98(92)81-49-45-63(53-87(81)101(88)93-76(61-29-14-10-15-30-61)56-68(96(7,8)9)57-77(93)62-31-16-11-17-32-62)71-40-28-41-75-72-37-22-25-42-80(72)97(91(71)75,64-33-18-12-19-34-64)65-35-20-13-21-36-65/h10-60H,1-9H3/i12D,13D,18D,19D,20D,21D,23D,24D,26D,27D,33D,34D,35D,36D,38D,39D,43D,44D. The summed E-state index contributed by atoms with van der Waals surface area (Å²) in [6.07, 6.45) is 0. The highest BCUT2D eigenvalue weighted by molar-refractivity contribution is 6.99. The molecule has 102 heavy (non-hydrogen) atoms. The fourth-order valence-corrected chi connectivity index (χ4v) is 16.4. The maximum absolute atomic E-state index is 10.1. The monoisotopic (exact) mass is 1330 g/mol. The molecule has 0 spiro atoms. The normalized spacial score (nSPS) is 16.1. The Morgan fingerprint density at radius 3 is 1.45 bits per heavy atom. The molecule has 0 saturated heterocycles. The topological polar surface area (TPSA) is 22.3 Å². The summed E-state index contributed by atoms with van der Waals surface area (Å²) in [5.74, 6) is 0.746. The van der Waals surface area contributed by atoms with Crippen LogP contribution in [-0.4, -0.2) is 15.8 Å². The maximum atomic E-state index is 10.1. The van der Waals surface area contributed by atoms with Gasteiger partial charge in [-0.1, -0.05) is 292 Å². The van der Waals surface area contributed by atoms with Crippen LogP contribution >= 0.6 is 0 Å². The zero-order chi connectivity index (χ0) is 84.8. The molecule has 2 aliphatic heterocycles. The average Bonchev–Trinajstić information content (AvgIpc) is 1.45. The minimum absolute atomic E-state index is 0.0657. The molecule has 0 saturated carbocycles. The molecular formula is C97H78BN3O. The molecule has 0 amide bonds. The van der Waals surface area contributed by atoms with Crippen molar-refractivity contribution < 1.29 is 29.4 Å². The second-order valence-corrected chi connectivity index (χ2v) is 30.3. The summed E-state index contributed by atoms with van der Waals surface area (Å²) >= 11 is 0. The summed E-state index contributed by atoms with van der Waals surface area (Å²) in [6, 6.07) is 56.3. The molecule has 14 aromatic carbocycles. The van der Waals surface area contributed by atoms with E-state index in [1.807, 2.05) is 78.9 Å². The minimum atomic E-state index is -2.24. The van der Waals surface area contributed by atoms with E-state index in [0.29, 0.717) is 67.4 Å². The summed E-state index contributed by atoms with van der Waals surface area (Å²) in [4.78, 5) is 2.33. The first-order valence-electron chi connectivity index (χ1n) is 43.7. The fraction of sp³-hybridized carbons (Fsp3) is 0.134. The van der Waals surface area contributed by atoms with Crippen LogP contribution in [0.15, 0.2) is 309 Å². The molecule has 16 aromatic rings. The van der Waals surface area contributed by atoms with Gasteiger partial charge in [-0.05, 0) is 172 Å². The Labute approximate surface area is 623 Å². The van der Waals surface area contributed by atoms with Gasteiger partial charge in [-0.25, -0.2) is 0 Å².